The Bertz CT molecular complexity index is 683. The number of thiophene rings is 1. The molecule has 3 rings (SSSR count). The first kappa shape index (κ1) is 10.2. The number of carbonyl (C=O) groups excluding carboxylic acids is 1. The second-order valence-electron chi connectivity index (χ2n) is 3.78. The maximum absolute atomic E-state index is 11.5. The van der Waals surface area contributed by atoms with Crippen LogP contribution in [0.2, 0.25) is 0 Å². The van der Waals surface area contributed by atoms with Crippen LogP contribution in [0, 0.1) is 0 Å². The summed E-state index contributed by atoms with van der Waals surface area (Å²) in [7, 11) is 0. The first-order valence-corrected chi connectivity index (χ1v) is 6.16. The SMILES string of the molecule is CC(=O)c1ccc2c(-c3cccs3)nccn12. The maximum atomic E-state index is 11.5. The van der Waals surface area contributed by atoms with Gasteiger partial charge in [0, 0.05) is 19.3 Å². The topological polar surface area (TPSA) is 34.4 Å². The Morgan fingerprint density at radius 1 is 1.35 bits per heavy atom. The van der Waals surface area contributed by atoms with Gasteiger partial charge in [0.2, 0.25) is 0 Å². The highest BCUT2D eigenvalue weighted by molar-refractivity contribution is 7.13. The van der Waals surface area contributed by atoms with E-state index in [1.54, 1.807) is 24.5 Å². The highest BCUT2D eigenvalue weighted by atomic mass is 32.1. The number of ketones is 1. The third-order valence-electron chi connectivity index (χ3n) is 2.70. The smallest absolute Gasteiger partial charge is 0.176 e. The lowest BCUT2D eigenvalue weighted by molar-refractivity contribution is 0.101. The highest BCUT2D eigenvalue weighted by Gasteiger charge is 2.11. The minimum Gasteiger partial charge on any atom is -0.310 e. The number of fused-ring (bicyclic) bond motifs is 1. The van der Waals surface area contributed by atoms with E-state index in [4.69, 9.17) is 0 Å². The van der Waals surface area contributed by atoms with E-state index in [2.05, 4.69) is 4.98 Å². The van der Waals surface area contributed by atoms with Crippen LogP contribution in [0.25, 0.3) is 16.1 Å². The predicted octanol–water partition coefficient (Wildman–Crippen LogP) is 3.27. The van der Waals surface area contributed by atoms with Crippen molar-refractivity contribution in [3.63, 3.8) is 0 Å². The molecule has 0 spiro atoms. The molecule has 0 aliphatic heterocycles. The molecule has 0 radical (unpaired) electrons. The predicted molar refractivity (Wildman–Crippen MR) is 68.5 cm³/mol. The zero-order valence-electron chi connectivity index (χ0n) is 9.25. The number of Topliss-reactive ketones (excluding diaryl/α,β-unsaturated/α-hetero) is 1. The van der Waals surface area contributed by atoms with Gasteiger partial charge in [0.15, 0.2) is 5.78 Å². The monoisotopic (exact) mass is 242 g/mol. The Morgan fingerprint density at radius 2 is 2.24 bits per heavy atom. The van der Waals surface area contributed by atoms with Gasteiger partial charge in [-0.25, -0.2) is 0 Å². The second kappa shape index (κ2) is 3.82. The number of hydrogen-bond donors (Lipinski definition) is 0. The molecule has 0 atom stereocenters. The lowest BCUT2D eigenvalue weighted by Crippen LogP contribution is -1.99. The van der Waals surface area contributed by atoms with Crippen LogP contribution in [-0.4, -0.2) is 15.2 Å². The molecule has 0 saturated heterocycles. The van der Waals surface area contributed by atoms with E-state index < -0.39 is 0 Å². The summed E-state index contributed by atoms with van der Waals surface area (Å²) in [6.07, 6.45) is 3.55. The molecule has 0 aromatic carbocycles. The van der Waals surface area contributed by atoms with Crippen LogP contribution in [0.5, 0.6) is 0 Å². The fraction of sp³-hybridized carbons (Fsp3) is 0.0769. The van der Waals surface area contributed by atoms with E-state index in [1.807, 2.05) is 40.2 Å². The zero-order chi connectivity index (χ0) is 11.8. The van der Waals surface area contributed by atoms with E-state index in [9.17, 15) is 4.79 Å². The van der Waals surface area contributed by atoms with Gasteiger partial charge in [-0.3, -0.25) is 9.78 Å². The molecule has 0 bridgehead atoms. The van der Waals surface area contributed by atoms with E-state index in [0.717, 1.165) is 16.1 Å². The number of rotatable bonds is 2. The number of aromatic nitrogens is 2. The Labute approximate surface area is 102 Å². The largest absolute Gasteiger partial charge is 0.310 e. The van der Waals surface area contributed by atoms with Crippen molar-refractivity contribution in [1.82, 2.24) is 9.38 Å². The summed E-state index contributed by atoms with van der Waals surface area (Å²) in [6, 6.07) is 7.82. The molecule has 4 heteroatoms. The van der Waals surface area contributed by atoms with Gasteiger partial charge >= 0.3 is 0 Å². The summed E-state index contributed by atoms with van der Waals surface area (Å²) in [5.74, 6) is 0.0633. The third kappa shape index (κ3) is 1.57. The van der Waals surface area contributed by atoms with Crippen LogP contribution in [0.15, 0.2) is 42.0 Å². The number of hydrogen-bond acceptors (Lipinski definition) is 3. The van der Waals surface area contributed by atoms with Gasteiger partial charge in [-0.1, -0.05) is 6.07 Å². The Balaban J connectivity index is 2.32. The van der Waals surface area contributed by atoms with Crippen molar-refractivity contribution in [2.24, 2.45) is 0 Å². The van der Waals surface area contributed by atoms with Crippen LogP contribution in [0.3, 0.4) is 0 Å². The molecule has 0 aliphatic rings. The molecule has 17 heavy (non-hydrogen) atoms. The van der Waals surface area contributed by atoms with Crippen molar-refractivity contribution in [3.8, 4) is 10.6 Å². The van der Waals surface area contributed by atoms with Crippen molar-refractivity contribution >= 4 is 22.6 Å². The van der Waals surface area contributed by atoms with Crippen molar-refractivity contribution in [2.75, 3.05) is 0 Å². The summed E-state index contributed by atoms with van der Waals surface area (Å²) in [6.45, 7) is 1.58. The first-order chi connectivity index (χ1) is 8.27. The fourth-order valence-corrected chi connectivity index (χ4v) is 2.66. The Kier molecular flexibility index (Phi) is 2.30. The minimum absolute atomic E-state index is 0.0633. The van der Waals surface area contributed by atoms with Crippen LogP contribution in [-0.2, 0) is 0 Å². The minimum atomic E-state index is 0.0633. The van der Waals surface area contributed by atoms with Crippen LogP contribution >= 0.6 is 11.3 Å². The average Bonchev–Trinajstić information content (AvgIpc) is 2.97. The molecule has 0 N–H and O–H groups in total. The highest BCUT2D eigenvalue weighted by Crippen LogP contribution is 2.27. The van der Waals surface area contributed by atoms with Crippen molar-refractivity contribution < 1.29 is 4.79 Å². The molecular weight excluding hydrogens is 232 g/mol. The lowest BCUT2D eigenvalue weighted by atomic mass is 10.3. The quantitative estimate of drug-likeness (QED) is 0.646. The summed E-state index contributed by atoms with van der Waals surface area (Å²) in [4.78, 5) is 17.0. The molecule has 0 unspecified atom stereocenters. The molecule has 3 aromatic heterocycles. The summed E-state index contributed by atoms with van der Waals surface area (Å²) >= 11 is 1.65. The lowest BCUT2D eigenvalue weighted by Gasteiger charge is -2.02. The molecule has 0 fully saturated rings. The summed E-state index contributed by atoms with van der Waals surface area (Å²) in [5.41, 5.74) is 2.59. The zero-order valence-corrected chi connectivity index (χ0v) is 10.1. The average molecular weight is 242 g/mol. The normalized spacial score (nSPS) is 10.9. The van der Waals surface area contributed by atoms with Crippen molar-refractivity contribution in [2.45, 2.75) is 6.92 Å². The van der Waals surface area contributed by atoms with Gasteiger partial charge in [0.25, 0.3) is 0 Å². The summed E-state index contributed by atoms with van der Waals surface area (Å²) in [5, 5.41) is 2.02. The molecule has 0 amide bonds. The van der Waals surface area contributed by atoms with Crippen molar-refractivity contribution in [1.29, 1.82) is 0 Å². The number of carbonyl (C=O) groups is 1. The maximum Gasteiger partial charge on any atom is 0.176 e. The molecule has 3 nitrogen and oxygen atoms in total. The third-order valence-corrected chi connectivity index (χ3v) is 3.57. The van der Waals surface area contributed by atoms with Crippen molar-refractivity contribution in [3.05, 3.63) is 47.7 Å². The first-order valence-electron chi connectivity index (χ1n) is 5.28. The van der Waals surface area contributed by atoms with E-state index >= 15 is 0 Å². The van der Waals surface area contributed by atoms with Crippen LogP contribution in [0.4, 0.5) is 0 Å². The van der Waals surface area contributed by atoms with Gasteiger partial charge in [-0.15, -0.1) is 11.3 Å². The molecule has 0 saturated carbocycles. The van der Waals surface area contributed by atoms with Crippen LogP contribution < -0.4 is 0 Å². The van der Waals surface area contributed by atoms with E-state index in [-0.39, 0.29) is 5.78 Å². The molecular formula is C13H10N2OS. The molecule has 3 aromatic rings. The van der Waals surface area contributed by atoms with E-state index in [0.29, 0.717) is 5.69 Å². The standard InChI is InChI=1S/C13H10N2OS/c1-9(16)10-4-5-11-13(12-3-2-8-17-12)14-6-7-15(10)11/h2-8H,1H3. The molecule has 0 aliphatic carbocycles. The fourth-order valence-electron chi connectivity index (χ4n) is 1.93. The van der Waals surface area contributed by atoms with E-state index in [1.165, 1.54) is 0 Å². The summed E-state index contributed by atoms with van der Waals surface area (Å²) < 4.78 is 1.89. The van der Waals surface area contributed by atoms with Crippen LogP contribution in [0.1, 0.15) is 17.4 Å². The molecule has 3 heterocycles. The van der Waals surface area contributed by atoms with Gasteiger partial charge in [-0.05, 0) is 23.6 Å². The number of nitrogens with zero attached hydrogens (tertiary/aromatic N) is 2. The Morgan fingerprint density at radius 3 is 2.94 bits per heavy atom. The Hall–Kier alpha value is -1.94. The van der Waals surface area contributed by atoms with Gasteiger partial charge in [-0.2, -0.15) is 0 Å². The molecule has 84 valence electrons. The van der Waals surface area contributed by atoms with Gasteiger partial charge in [0.05, 0.1) is 16.1 Å². The van der Waals surface area contributed by atoms with Gasteiger partial charge in [0.1, 0.15) is 5.69 Å². The van der Waals surface area contributed by atoms with Gasteiger partial charge < -0.3 is 4.40 Å². The second-order valence-corrected chi connectivity index (χ2v) is 4.73.